The van der Waals surface area contributed by atoms with Crippen molar-refractivity contribution in [1.29, 1.82) is 0 Å². The maximum absolute atomic E-state index is 4.53. The normalized spacial score (nSPS) is 9.50. The summed E-state index contributed by atoms with van der Waals surface area (Å²) < 4.78 is 5.08. The molecule has 0 aromatic carbocycles. The van der Waals surface area contributed by atoms with Crippen LogP contribution >= 0.6 is 11.6 Å². The molecule has 0 saturated carbocycles. The van der Waals surface area contributed by atoms with Gasteiger partial charge in [0.25, 0.3) is 0 Å². The Kier molecular flexibility index (Phi) is 21.4. The molecule has 0 radical (unpaired) electrons. The van der Waals surface area contributed by atoms with E-state index in [0.29, 0.717) is 0 Å². The molecule has 0 bridgehead atoms. The van der Waals surface area contributed by atoms with Crippen molar-refractivity contribution in [2.75, 3.05) is 0 Å². The summed E-state index contributed by atoms with van der Waals surface area (Å²) in [7, 11) is 0. The molecule has 0 amide bonds. The van der Waals surface area contributed by atoms with E-state index in [0.717, 1.165) is 0 Å². The van der Waals surface area contributed by atoms with Crippen LogP contribution < -0.4 is 0 Å². The minimum absolute atomic E-state index is 0.967. The molecule has 0 aliphatic heterocycles. The molecule has 0 nitrogen and oxygen atoms in total. The molecule has 0 spiro atoms. The zero-order valence-electron chi connectivity index (χ0n) is 11.4. The molecular formula is C14H29ClSn. The van der Waals surface area contributed by atoms with E-state index in [1.165, 1.54) is 38.5 Å². The van der Waals surface area contributed by atoms with E-state index in [4.69, 9.17) is 0 Å². The van der Waals surface area contributed by atoms with Gasteiger partial charge in [-0.15, -0.1) is 6.42 Å². The third-order valence-electron chi connectivity index (χ3n) is 2.90. The number of terminal acetylenes is 1. The Hall–Kier alpha value is 0.649. The summed E-state index contributed by atoms with van der Waals surface area (Å²) in [5, 5.41) is 1.72. The van der Waals surface area contributed by atoms with E-state index < -0.39 is 19.8 Å². The third kappa shape index (κ3) is 17.1. The molecule has 0 fully saturated rings. The van der Waals surface area contributed by atoms with Gasteiger partial charge >= 0.3 is 92.4 Å². The summed E-state index contributed by atoms with van der Waals surface area (Å²) >= 11 is 3.56. The molecular weight excluding hydrogens is 322 g/mol. The average Bonchev–Trinajstić information content (AvgIpc) is 2.29. The standard InChI is InChI=1S/3C4H9.C2HCl.Sn.H/c3*1-3-4-2;1-2-3;;/h3*1,3-4H2,2H3;1H;;. The first-order valence-corrected chi connectivity index (χ1v) is 14.2. The Balaban J connectivity index is 0. The molecule has 0 aliphatic carbocycles. The minimum atomic E-state index is -0.967. The van der Waals surface area contributed by atoms with Crippen LogP contribution in [0.5, 0.6) is 0 Å². The number of rotatable bonds is 9. The predicted molar refractivity (Wildman–Crippen MR) is 81.0 cm³/mol. The fourth-order valence-corrected chi connectivity index (χ4v) is 12.8. The monoisotopic (exact) mass is 352 g/mol. The van der Waals surface area contributed by atoms with Crippen molar-refractivity contribution in [3.8, 4) is 11.8 Å². The molecule has 0 aromatic rings. The van der Waals surface area contributed by atoms with Crippen LogP contribution in [0.15, 0.2) is 0 Å². The van der Waals surface area contributed by atoms with Crippen LogP contribution in [0, 0.1) is 11.8 Å². The summed E-state index contributed by atoms with van der Waals surface area (Å²) in [5.74, 6) is 0. The molecule has 0 aromatic heterocycles. The summed E-state index contributed by atoms with van der Waals surface area (Å²) in [6.45, 7) is 7.01. The van der Waals surface area contributed by atoms with Gasteiger partial charge in [0.05, 0.1) is 0 Å². The van der Waals surface area contributed by atoms with E-state index in [1.54, 1.807) is 18.7 Å². The summed E-state index contributed by atoms with van der Waals surface area (Å²) in [5.41, 5.74) is 0. The second kappa shape index (κ2) is 18.0. The molecule has 0 saturated heterocycles. The second-order valence-electron chi connectivity index (χ2n) is 4.40. The summed E-state index contributed by atoms with van der Waals surface area (Å²) in [6, 6.07) is 0. The molecule has 0 aliphatic rings. The van der Waals surface area contributed by atoms with Crippen LogP contribution in [0.25, 0.3) is 0 Å². The predicted octanol–water partition coefficient (Wildman–Crippen LogP) is 5.43. The van der Waals surface area contributed by atoms with Crippen molar-refractivity contribution in [2.45, 2.75) is 72.6 Å². The van der Waals surface area contributed by atoms with Crippen molar-refractivity contribution in [3.63, 3.8) is 0 Å². The zero-order valence-corrected chi connectivity index (χ0v) is 15.4. The van der Waals surface area contributed by atoms with Crippen LogP contribution in [0.4, 0.5) is 0 Å². The van der Waals surface area contributed by atoms with Crippen LogP contribution in [-0.4, -0.2) is 19.8 Å². The molecule has 0 unspecified atom stereocenters. The average molecular weight is 352 g/mol. The van der Waals surface area contributed by atoms with Gasteiger partial charge in [0.15, 0.2) is 0 Å². The van der Waals surface area contributed by atoms with Gasteiger partial charge in [0, 0.05) is 5.38 Å². The van der Waals surface area contributed by atoms with Crippen LogP contribution in [0.3, 0.4) is 0 Å². The molecule has 2 heteroatoms. The van der Waals surface area contributed by atoms with Gasteiger partial charge in [-0.25, -0.2) is 0 Å². The fraction of sp³-hybridized carbons (Fsp3) is 0.857. The number of hydrogen-bond donors (Lipinski definition) is 0. The van der Waals surface area contributed by atoms with E-state index in [2.05, 4.69) is 38.8 Å². The first-order chi connectivity index (χ1) is 7.76. The van der Waals surface area contributed by atoms with Crippen molar-refractivity contribution in [2.24, 2.45) is 0 Å². The molecule has 0 rings (SSSR count). The first kappa shape index (κ1) is 19.0. The molecule has 16 heavy (non-hydrogen) atoms. The van der Waals surface area contributed by atoms with E-state index in [-0.39, 0.29) is 0 Å². The van der Waals surface area contributed by atoms with Gasteiger partial charge in [-0.05, 0) is 11.6 Å². The second-order valence-corrected chi connectivity index (χ2v) is 14.5. The quantitative estimate of drug-likeness (QED) is 0.384. The molecule has 96 valence electrons. The zero-order chi connectivity index (χ0) is 12.6. The van der Waals surface area contributed by atoms with E-state index >= 15 is 0 Å². The Morgan fingerprint density at radius 3 is 1.31 bits per heavy atom. The number of unbranched alkanes of at least 4 members (excludes halogenated alkanes) is 3. The van der Waals surface area contributed by atoms with Gasteiger partial charge in [-0.3, -0.25) is 0 Å². The van der Waals surface area contributed by atoms with Crippen molar-refractivity contribution < 1.29 is 0 Å². The van der Waals surface area contributed by atoms with Crippen molar-refractivity contribution in [3.05, 3.63) is 0 Å². The number of halogens is 1. The Morgan fingerprint density at radius 1 is 0.875 bits per heavy atom. The van der Waals surface area contributed by atoms with Gasteiger partial charge < -0.3 is 0 Å². The van der Waals surface area contributed by atoms with Crippen LogP contribution in [0.2, 0.25) is 13.3 Å². The molecule has 0 heterocycles. The summed E-state index contributed by atoms with van der Waals surface area (Å²) in [6.07, 6.45) is 13.2. The molecule has 0 N–H and O–H groups in total. The number of hydrogen-bond acceptors (Lipinski definition) is 0. The Bertz CT molecular complexity index is 132. The van der Waals surface area contributed by atoms with Crippen molar-refractivity contribution in [1.82, 2.24) is 0 Å². The summed E-state index contributed by atoms with van der Waals surface area (Å²) in [4.78, 5) is 0. The van der Waals surface area contributed by atoms with Gasteiger partial charge in [-0.1, -0.05) is 0 Å². The van der Waals surface area contributed by atoms with Gasteiger partial charge in [0.1, 0.15) is 0 Å². The van der Waals surface area contributed by atoms with E-state index in [9.17, 15) is 0 Å². The van der Waals surface area contributed by atoms with Crippen LogP contribution in [0.1, 0.15) is 59.3 Å². The molecule has 0 atom stereocenters. The van der Waals surface area contributed by atoms with E-state index in [1.807, 2.05) is 0 Å². The Labute approximate surface area is 115 Å². The fourth-order valence-electron chi connectivity index (χ4n) is 1.91. The van der Waals surface area contributed by atoms with Crippen molar-refractivity contribution >= 4 is 31.4 Å². The maximum atomic E-state index is 4.53. The SMILES string of the molecule is C#CCl.CCC[CH2][SnH]([CH2]CCC)[CH2]CCC. The Morgan fingerprint density at radius 2 is 1.12 bits per heavy atom. The topological polar surface area (TPSA) is 0 Å². The van der Waals surface area contributed by atoms with Gasteiger partial charge in [0.2, 0.25) is 0 Å². The van der Waals surface area contributed by atoms with Crippen LogP contribution in [-0.2, 0) is 0 Å². The first-order valence-electron chi connectivity index (χ1n) is 6.82. The third-order valence-corrected chi connectivity index (χ3v) is 13.4. The van der Waals surface area contributed by atoms with Gasteiger partial charge in [-0.2, -0.15) is 0 Å².